The summed E-state index contributed by atoms with van der Waals surface area (Å²) in [4.78, 5) is 3.46. The van der Waals surface area contributed by atoms with Crippen molar-refractivity contribution in [3.8, 4) is 0 Å². The fourth-order valence-electron chi connectivity index (χ4n) is 1.53. The summed E-state index contributed by atoms with van der Waals surface area (Å²) in [7, 11) is 2.10. The summed E-state index contributed by atoms with van der Waals surface area (Å²) >= 11 is 1.67. The lowest BCUT2D eigenvalue weighted by Crippen LogP contribution is -2.37. The van der Waals surface area contributed by atoms with Gasteiger partial charge in [0.2, 0.25) is 0 Å². The van der Waals surface area contributed by atoms with E-state index in [9.17, 15) is 5.11 Å². The molecule has 1 heterocycles. The minimum atomic E-state index is -0.440. The topological polar surface area (TPSA) is 44.7 Å². The van der Waals surface area contributed by atoms with Crippen LogP contribution in [0.5, 0.6) is 0 Å². The van der Waals surface area contributed by atoms with Crippen LogP contribution in [-0.2, 0) is 11.3 Å². The van der Waals surface area contributed by atoms with Crippen molar-refractivity contribution < 1.29 is 9.84 Å². The highest BCUT2D eigenvalue weighted by atomic mass is 32.1. The van der Waals surface area contributed by atoms with E-state index < -0.39 is 6.10 Å². The first kappa shape index (κ1) is 16.6. The summed E-state index contributed by atoms with van der Waals surface area (Å²) in [5.74, 6) is 0. The molecule has 0 saturated heterocycles. The second kappa shape index (κ2) is 9.44. The molecule has 1 aromatic heterocycles. The van der Waals surface area contributed by atoms with Gasteiger partial charge in [-0.05, 0) is 32.3 Å². The summed E-state index contributed by atoms with van der Waals surface area (Å²) in [6.07, 6.45) is -0.440. The van der Waals surface area contributed by atoms with Gasteiger partial charge in [-0.2, -0.15) is 0 Å². The molecule has 0 aromatic carbocycles. The van der Waals surface area contributed by atoms with E-state index in [0.29, 0.717) is 25.8 Å². The zero-order valence-electron chi connectivity index (χ0n) is 12.1. The van der Waals surface area contributed by atoms with Gasteiger partial charge in [0.05, 0.1) is 19.3 Å². The predicted molar refractivity (Wildman–Crippen MR) is 80.6 cm³/mol. The van der Waals surface area contributed by atoms with Crippen LogP contribution in [0, 0.1) is 0 Å². The Morgan fingerprint density at radius 1 is 1.47 bits per heavy atom. The molecule has 5 heteroatoms. The Bertz CT molecular complexity index is 317. The Kier molecular flexibility index (Phi) is 8.25. The zero-order valence-corrected chi connectivity index (χ0v) is 12.9. The van der Waals surface area contributed by atoms with E-state index in [-0.39, 0.29) is 0 Å². The SMILES string of the molecule is CC(C)N(C)CCNCC(O)COCc1cccs1. The third kappa shape index (κ3) is 7.64. The van der Waals surface area contributed by atoms with Gasteiger partial charge in [0.25, 0.3) is 0 Å². The van der Waals surface area contributed by atoms with Crippen molar-refractivity contribution in [1.82, 2.24) is 10.2 Å². The molecule has 0 aliphatic heterocycles. The Morgan fingerprint density at radius 3 is 2.89 bits per heavy atom. The zero-order chi connectivity index (χ0) is 14.1. The molecule has 110 valence electrons. The second-order valence-electron chi connectivity index (χ2n) is 5.03. The summed E-state index contributed by atoms with van der Waals surface area (Å²) in [5, 5.41) is 15.0. The molecule has 0 aliphatic rings. The number of nitrogens with zero attached hydrogens (tertiary/aromatic N) is 1. The Balaban J connectivity index is 1.97. The molecule has 19 heavy (non-hydrogen) atoms. The number of nitrogens with one attached hydrogen (secondary N) is 1. The molecular weight excluding hydrogens is 260 g/mol. The molecule has 1 atom stereocenters. The van der Waals surface area contributed by atoms with E-state index in [1.165, 1.54) is 4.88 Å². The van der Waals surface area contributed by atoms with E-state index in [2.05, 4.69) is 31.1 Å². The molecular formula is C14H26N2O2S. The van der Waals surface area contributed by atoms with Crippen molar-refractivity contribution in [3.63, 3.8) is 0 Å². The number of hydrogen-bond acceptors (Lipinski definition) is 5. The monoisotopic (exact) mass is 286 g/mol. The van der Waals surface area contributed by atoms with Crippen LogP contribution in [-0.4, -0.2) is 55.4 Å². The third-order valence-electron chi connectivity index (χ3n) is 3.04. The molecule has 0 fully saturated rings. The maximum Gasteiger partial charge on any atom is 0.0897 e. The molecule has 1 unspecified atom stereocenters. The first-order valence-corrected chi connectivity index (χ1v) is 7.66. The van der Waals surface area contributed by atoms with E-state index in [1.54, 1.807) is 11.3 Å². The van der Waals surface area contributed by atoms with Crippen LogP contribution in [0.4, 0.5) is 0 Å². The normalized spacial score (nSPS) is 13.4. The number of ether oxygens (including phenoxy) is 1. The summed E-state index contributed by atoms with van der Waals surface area (Å²) in [6, 6.07) is 4.60. The van der Waals surface area contributed by atoms with Gasteiger partial charge >= 0.3 is 0 Å². The minimum absolute atomic E-state index is 0.380. The van der Waals surface area contributed by atoms with Gasteiger partial charge in [-0.1, -0.05) is 6.07 Å². The summed E-state index contributed by atoms with van der Waals surface area (Å²) in [6.45, 7) is 7.77. The van der Waals surface area contributed by atoms with Crippen molar-refractivity contribution in [2.75, 3.05) is 33.3 Å². The smallest absolute Gasteiger partial charge is 0.0897 e. The highest BCUT2D eigenvalue weighted by molar-refractivity contribution is 7.09. The lowest BCUT2D eigenvalue weighted by molar-refractivity contribution is 0.0297. The number of thiophene rings is 1. The lowest BCUT2D eigenvalue weighted by atomic mass is 10.3. The molecule has 4 nitrogen and oxygen atoms in total. The number of hydrogen-bond donors (Lipinski definition) is 2. The van der Waals surface area contributed by atoms with Crippen molar-refractivity contribution in [2.45, 2.75) is 32.6 Å². The number of rotatable bonds is 10. The van der Waals surface area contributed by atoms with E-state index in [1.807, 2.05) is 17.5 Å². The molecule has 2 N–H and O–H groups in total. The van der Waals surface area contributed by atoms with Crippen LogP contribution in [0.1, 0.15) is 18.7 Å². The fourth-order valence-corrected chi connectivity index (χ4v) is 2.17. The van der Waals surface area contributed by atoms with Crippen LogP contribution in [0.25, 0.3) is 0 Å². The van der Waals surface area contributed by atoms with Gasteiger partial charge in [-0.3, -0.25) is 0 Å². The quantitative estimate of drug-likeness (QED) is 0.641. The van der Waals surface area contributed by atoms with E-state index >= 15 is 0 Å². The van der Waals surface area contributed by atoms with Crippen molar-refractivity contribution >= 4 is 11.3 Å². The highest BCUT2D eigenvalue weighted by Gasteiger charge is 2.06. The number of aliphatic hydroxyl groups excluding tert-OH is 1. The fraction of sp³-hybridized carbons (Fsp3) is 0.714. The van der Waals surface area contributed by atoms with Crippen molar-refractivity contribution in [1.29, 1.82) is 0 Å². The highest BCUT2D eigenvalue weighted by Crippen LogP contribution is 2.09. The van der Waals surface area contributed by atoms with E-state index in [0.717, 1.165) is 13.1 Å². The Morgan fingerprint density at radius 2 is 2.26 bits per heavy atom. The van der Waals surface area contributed by atoms with Crippen molar-refractivity contribution in [3.05, 3.63) is 22.4 Å². The molecule has 0 spiro atoms. The third-order valence-corrected chi connectivity index (χ3v) is 3.89. The van der Waals surface area contributed by atoms with Gasteiger partial charge < -0.3 is 20.1 Å². The van der Waals surface area contributed by atoms with Gasteiger partial charge in [0.15, 0.2) is 0 Å². The molecule has 1 aromatic rings. The largest absolute Gasteiger partial charge is 0.389 e. The molecule has 0 amide bonds. The Labute approximate surface area is 120 Å². The predicted octanol–water partition coefficient (Wildman–Crippen LogP) is 1.56. The summed E-state index contributed by atoms with van der Waals surface area (Å²) in [5.41, 5.74) is 0. The molecule has 1 rings (SSSR count). The minimum Gasteiger partial charge on any atom is -0.389 e. The van der Waals surface area contributed by atoms with Crippen LogP contribution < -0.4 is 5.32 Å². The van der Waals surface area contributed by atoms with Gasteiger partial charge in [-0.15, -0.1) is 11.3 Å². The summed E-state index contributed by atoms with van der Waals surface area (Å²) < 4.78 is 5.47. The van der Waals surface area contributed by atoms with Crippen LogP contribution in [0.15, 0.2) is 17.5 Å². The van der Waals surface area contributed by atoms with Gasteiger partial charge in [0, 0.05) is 30.6 Å². The molecule has 0 saturated carbocycles. The van der Waals surface area contributed by atoms with E-state index in [4.69, 9.17) is 4.74 Å². The second-order valence-corrected chi connectivity index (χ2v) is 6.06. The maximum absolute atomic E-state index is 9.75. The first-order chi connectivity index (χ1) is 9.09. The molecule has 0 bridgehead atoms. The van der Waals surface area contributed by atoms with Crippen LogP contribution in [0.2, 0.25) is 0 Å². The number of aliphatic hydroxyl groups is 1. The standard InChI is InChI=1S/C14H26N2O2S/c1-12(2)16(3)7-6-15-9-13(17)10-18-11-14-5-4-8-19-14/h4-5,8,12-13,15,17H,6-7,9-11H2,1-3H3. The number of likely N-dealkylation sites (N-methyl/N-ethyl adjacent to an activating group) is 1. The van der Waals surface area contributed by atoms with Gasteiger partial charge in [0.1, 0.15) is 0 Å². The van der Waals surface area contributed by atoms with Gasteiger partial charge in [-0.25, -0.2) is 0 Å². The Hall–Kier alpha value is -0.460. The van der Waals surface area contributed by atoms with Crippen LogP contribution >= 0.6 is 11.3 Å². The average Bonchev–Trinajstić information content (AvgIpc) is 2.87. The average molecular weight is 286 g/mol. The lowest BCUT2D eigenvalue weighted by Gasteiger charge is -2.21. The van der Waals surface area contributed by atoms with Crippen LogP contribution in [0.3, 0.4) is 0 Å². The molecule has 0 radical (unpaired) electrons. The van der Waals surface area contributed by atoms with Crippen molar-refractivity contribution in [2.24, 2.45) is 0 Å². The molecule has 0 aliphatic carbocycles. The first-order valence-electron chi connectivity index (χ1n) is 6.78. The maximum atomic E-state index is 9.75.